The summed E-state index contributed by atoms with van der Waals surface area (Å²) >= 11 is 3.37. The van der Waals surface area contributed by atoms with Crippen molar-refractivity contribution in [1.29, 1.82) is 0 Å². The lowest BCUT2D eigenvalue weighted by molar-refractivity contribution is -0.139. The predicted octanol–water partition coefficient (Wildman–Crippen LogP) is 4.76. The molecular weight excluding hydrogens is 524 g/mol. The highest BCUT2D eigenvalue weighted by Gasteiger charge is 2.28. The largest absolute Gasteiger partial charge is 0.482 e. The third kappa shape index (κ3) is 5.40. The molecule has 1 aliphatic carbocycles. The van der Waals surface area contributed by atoms with E-state index in [1.165, 1.54) is 12.3 Å². The molecule has 0 amide bonds. The van der Waals surface area contributed by atoms with Gasteiger partial charge in [-0.25, -0.2) is 22.9 Å². The smallest absolute Gasteiger partial charge is 0.341 e. The van der Waals surface area contributed by atoms with Crippen LogP contribution in [-0.2, 0) is 21.2 Å². The van der Waals surface area contributed by atoms with Gasteiger partial charge >= 0.3 is 5.97 Å². The van der Waals surface area contributed by atoms with Crippen molar-refractivity contribution in [2.24, 2.45) is 0 Å². The molecule has 1 aromatic heterocycles. The minimum atomic E-state index is -3.89. The number of halogens is 1. The van der Waals surface area contributed by atoms with E-state index in [0.717, 1.165) is 23.1 Å². The monoisotopic (exact) mass is 546 g/mol. The molecule has 178 valence electrons. The maximum atomic E-state index is 13.2. The Bertz CT molecular complexity index is 1330. The number of nitrogens with zero attached hydrogens (tertiary/aromatic N) is 1. The van der Waals surface area contributed by atoms with Crippen LogP contribution in [0, 0.1) is 6.92 Å². The molecule has 0 saturated carbocycles. The minimum absolute atomic E-state index is 0.00177. The molecule has 0 fully saturated rings. The van der Waals surface area contributed by atoms with Crippen LogP contribution in [0.15, 0.2) is 64.1 Å². The van der Waals surface area contributed by atoms with Crippen molar-refractivity contribution in [2.45, 2.75) is 37.1 Å². The average molecular weight is 547 g/mol. The SMILES string of the molecule is Cc1ccccc1Oc1ncc(S(=O)(=O)NC2CCCc3c(OCC(=O)O)cccc32)cc1Br. The van der Waals surface area contributed by atoms with Gasteiger partial charge in [0.15, 0.2) is 6.61 Å². The number of hydrogen-bond acceptors (Lipinski definition) is 6. The molecule has 0 saturated heterocycles. The lowest BCUT2D eigenvalue weighted by atomic mass is 9.87. The maximum absolute atomic E-state index is 13.2. The molecule has 0 radical (unpaired) electrons. The number of aryl methyl sites for hydroxylation is 1. The highest BCUT2D eigenvalue weighted by molar-refractivity contribution is 9.10. The molecule has 1 heterocycles. The van der Waals surface area contributed by atoms with Gasteiger partial charge in [-0.1, -0.05) is 30.3 Å². The van der Waals surface area contributed by atoms with Gasteiger partial charge in [-0.3, -0.25) is 0 Å². The van der Waals surface area contributed by atoms with E-state index in [0.29, 0.717) is 28.8 Å². The Kier molecular flexibility index (Phi) is 7.20. The number of carbonyl (C=O) groups is 1. The van der Waals surface area contributed by atoms with E-state index in [2.05, 4.69) is 25.6 Å². The van der Waals surface area contributed by atoms with E-state index < -0.39 is 28.6 Å². The minimum Gasteiger partial charge on any atom is -0.482 e. The molecule has 8 nitrogen and oxygen atoms in total. The zero-order valence-electron chi connectivity index (χ0n) is 18.3. The Morgan fingerprint density at radius 3 is 2.71 bits per heavy atom. The molecule has 0 spiro atoms. The van der Waals surface area contributed by atoms with Gasteiger partial charge in [0.25, 0.3) is 0 Å². The van der Waals surface area contributed by atoms with Crippen molar-refractivity contribution >= 4 is 31.9 Å². The molecule has 0 aliphatic heterocycles. The molecule has 2 aromatic carbocycles. The summed E-state index contributed by atoms with van der Waals surface area (Å²) < 4.78 is 40.7. The number of fused-ring (bicyclic) bond motifs is 1. The number of benzene rings is 2. The molecule has 1 aliphatic rings. The molecule has 1 unspecified atom stereocenters. The van der Waals surface area contributed by atoms with Crippen LogP contribution in [0.4, 0.5) is 0 Å². The van der Waals surface area contributed by atoms with E-state index in [9.17, 15) is 13.2 Å². The molecule has 2 N–H and O–H groups in total. The Labute approximate surface area is 206 Å². The molecule has 4 rings (SSSR count). The molecule has 34 heavy (non-hydrogen) atoms. The summed E-state index contributed by atoms with van der Waals surface area (Å²) in [5, 5.41) is 8.91. The first-order valence-electron chi connectivity index (χ1n) is 10.6. The van der Waals surface area contributed by atoms with Gasteiger partial charge in [0.05, 0.1) is 10.7 Å². The second-order valence-corrected chi connectivity index (χ2v) is 10.5. The number of para-hydroxylation sites is 1. The first kappa shape index (κ1) is 24.2. The summed E-state index contributed by atoms with van der Waals surface area (Å²) in [4.78, 5) is 15.1. The zero-order valence-corrected chi connectivity index (χ0v) is 20.7. The van der Waals surface area contributed by atoms with Crippen LogP contribution in [0.25, 0.3) is 0 Å². The summed E-state index contributed by atoms with van der Waals surface area (Å²) in [6.07, 6.45) is 3.29. The number of aliphatic carboxylic acids is 1. The lowest BCUT2D eigenvalue weighted by Gasteiger charge is -2.27. The highest BCUT2D eigenvalue weighted by Crippen LogP contribution is 2.37. The first-order valence-corrected chi connectivity index (χ1v) is 12.9. The number of pyridine rings is 1. The molecular formula is C24H23BrN2O6S. The maximum Gasteiger partial charge on any atom is 0.341 e. The van der Waals surface area contributed by atoms with E-state index >= 15 is 0 Å². The van der Waals surface area contributed by atoms with Crippen molar-refractivity contribution in [2.75, 3.05) is 6.61 Å². The number of aromatic nitrogens is 1. The van der Waals surface area contributed by atoms with E-state index in [-0.39, 0.29) is 10.8 Å². The fourth-order valence-corrected chi connectivity index (χ4v) is 5.67. The third-order valence-electron chi connectivity index (χ3n) is 5.51. The Hall–Kier alpha value is -2.95. The number of nitrogens with one attached hydrogen (secondary N) is 1. The van der Waals surface area contributed by atoms with Crippen LogP contribution < -0.4 is 14.2 Å². The van der Waals surface area contributed by atoms with Gasteiger partial charge < -0.3 is 14.6 Å². The van der Waals surface area contributed by atoms with Crippen LogP contribution in [0.1, 0.15) is 35.6 Å². The fraction of sp³-hybridized carbons (Fsp3) is 0.250. The zero-order chi connectivity index (χ0) is 24.3. The van der Waals surface area contributed by atoms with Gasteiger partial charge in [0.2, 0.25) is 15.9 Å². The van der Waals surface area contributed by atoms with Gasteiger partial charge in [-0.2, -0.15) is 0 Å². The van der Waals surface area contributed by atoms with Gasteiger partial charge in [-0.05, 0) is 77.0 Å². The standard InChI is InChI=1S/C24H23BrN2O6S/c1-15-6-2-3-10-21(15)33-24-19(25)12-16(13-26-24)34(30,31)27-20-9-4-8-18-17(20)7-5-11-22(18)32-14-23(28)29/h2-3,5-7,10-13,20,27H,4,8-9,14H2,1H3,(H,28,29). The van der Waals surface area contributed by atoms with E-state index in [4.69, 9.17) is 14.6 Å². The van der Waals surface area contributed by atoms with Crippen LogP contribution in [-0.4, -0.2) is 31.1 Å². The number of sulfonamides is 1. The van der Waals surface area contributed by atoms with Gasteiger partial charge in [0.1, 0.15) is 16.4 Å². The number of rotatable bonds is 8. The summed E-state index contributed by atoms with van der Waals surface area (Å²) in [6, 6.07) is 13.7. The Morgan fingerprint density at radius 2 is 1.97 bits per heavy atom. The van der Waals surface area contributed by atoms with Gasteiger partial charge in [-0.15, -0.1) is 0 Å². The topological polar surface area (TPSA) is 115 Å². The first-order chi connectivity index (χ1) is 16.2. The van der Waals surface area contributed by atoms with Crippen LogP contribution >= 0.6 is 15.9 Å². The summed E-state index contributed by atoms with van der Waals surface area (Å²) in [5.74, 6) is 0.283. The second-order valence-electron chi connectivity index (χ2n) is 7.90. The Balaban J connectivity index is 1.55. The molecule has 10 heteroatoms. The van der Waals surface area contributed by atoms with Crippen molar-refractivity contribution in [3.05, 3.63) is 75.9 Å². The summed E-state index contributed by atoms with van der Waals surface area (Å²) in [6.45, 7) is 1.45. The molecule has 0 bridgehead atoms. The van der Waals surface area contributed by atoms with Crippen LogP contribution in [0.2, 0.25) is 0 Å². The summed E-state index contributed by atoms with van der Waals surface area (Å²) in [7, 11) is -3.89. The normalized spacial score (nSPS) is 15.4. The number of carboxylic acid groups (broad SMARTS) is 1. The third-order valence-corrected chi connectivity index (χ3v) is 7.51. The van der Waals surface area contributed by atoms with Crippen molar-refractivity contribution < 1.29 is 27.8 Å². The van der Waals surface area contributed by atoms with Crippen molar-refractivity contribution in [1.82, 2.24) is 9.71 Å². The molecule has 3 aromatic rings. The fourth-order valence-electron chi connectivity index (χ4n) is 3.87. The Morgan fingerprint density at radius 1 is 1.21 bits per heavy atom. The van der Waals surface area contributed by atoms with Crippen LogP contribution in [0.5, 0.6) is 17.4 Å². The van der Waals surface area contributed by atoms with E-state index in [1.54, 1.807) is 12.1 Å². The number of ether oxygens (including phenoxy) is 2. The highest BCUT2D eigenvalue weighted by atomic mass is 79.9. The number of hydrogen-bond donors (Lipinski definition) is 2. The van der Waals surface area contributed by atoms with Gasteiger partial charge in [0, 0.05) is 6.04 Å². The second kappa shape index (κ2) is 10.1. The molecule has 1 atom stereocenters. The quantitative estimate of drug-likeness (QED) is 0.418. The predicted molar refractivity (Wildman–Crippen MR) is 129 cm³/mol. The lowest BCUT2D eigenvalue weighted by Crippen LogP contribution is -2.31. The van der Waals surface area contributed by atoms with Crippen molar-refractivity contribution in [3.8, 4) is 17.4 Å². The number of carboxylic acids is 1. The average Bonchev–Trinajstić information content (AvgIpc) is 2.80. The van der Waals surface area contributed by atoms with Crippen LogP contribution in [0.3, 0.4) is 0 Å². The van der Waals surface area contributed by atoms with Crippen molar-refractivity contribution in [3.63, 3.8) is 0 Å². The summed E-state index contributed by atoms with van der Waals surface area (Å²) in [5.41, 5.74) is 2.53. The van der Waals surface area contributed by atoms with E-state index in [1.807, 2.05) is 37.3 Å².